The van der Waals surface area contributed by atoms with Crippen LogP contribution in [-0.2, 0) is 0 Å². The zero-order valence-corrected chi connectivity index (χ0v) is 9.78. The number of pyridine rings is 1. The lowest BCUT2D eigenvalue weighted by molar-refractivity contribution is 0.430. The Hall–Kier alpha value is -2.32. The molecule has 0 bridgehead atoms. The molecule has 0 unspecified atom stereocenters. The number of anilines is 1. The summed E-state index contributed by atoms with van der Waals surface area (Å²) in [7, 11) is 0. The summed E-state index contributed by atoms with van der Waals surface area (Å²) >= 11 is 5.89. The summed E-state index contributed by atoms with van der Waals surface area (Å²) in [5.41, 5.74) is 5.90. The highest BCUT2D eigenvalue weighted by molar-refractivity contribution is 6.33. The smallest absolute Gasteiger partial charge is 0.239 e. The van der Waals surface area contributed by atoms with Crippen molar-refractivity contribution in [3.8, 4) is 17.7 Å². The monoisotopic (exact) mass is 263 g/mol. The van der Waals surface area contributed by atoms with Crippen molar-refractivity contribution < 1.29 is 9.13 Å². The minimum absolute atomic E-state index is 0.0163. The maximum Gasteiger partial charge on any atom is 0.239 e. The van der Waals surface area contributed by atoms with Gasteiger partial charge in [0.2, 0.25) is 5.88 Å². The van der Waals surface area contributed by atoms with Gasteiger partial charge in [-0.05, 0) is 18.2 Å². The summed E-state index contributed by atoms with van der Waals surface area (Å²) in [6.07, 6.45) is 1.34. The van der Waals surface area contributed by atoms with Crippen molar-refractivity contribution in [2.45, 2.75) is 0 Å². The molecular weight excluding hydrogens is 257 g/mol. The fourth-order valence-electron chi connectivity index (χ4n) is 1.31. The third-order valence-corrected chi connectivity index (χ3v) is 2.54. The highest BCUT2D eigenvalue weighted by Crippen LogP contribution is 2.33. The van der Waals surface area contributed by atoms with E-state index < -0.39 is 5.82 Å². The number of nitrogen functional groups attached to an aromatic ring is 1. The predicted octanol–water partition coefficient (Wildman–Crippen LogP) is 3.12. The number of nitriles is 1. The first-order valence-electron chi connectivity index (χ1n) is 4.90. The minimum Gasteiger partial charge on any atom is -0.432 e. The van der Waals surface area contributed by atoms with E-state index in [0.717, 1.165) is 0 Å². The van der Waals surface area contributed by atoms with Crippen LogP contribution in [0.15, 0.2) is 30.5 Å². The number of ether oxygens (including phenoxy) is 1. The minimum atomic E-state index is -0.629. The van der Waals surface area contributed by atoms with E-state index in [1.807, 2.05) is 6.07 Å². The Bertz CT molecular complexity index is 619. The first kappa shape index (κ1) is 12.1. The lowest BCUT2D eigenvalue weighted by Gasteiger charge is -2.09. The molecule has 18 heavy (non-hydrogen) atoms. The van der Waals surface area contributed by atoms with Gasteiger partial charge in [0.05, 0.1) is 11.3 Å². The maximum atomic E-state index is 13.5. The molecule has 2 N–H and O–H groups in total. The quantitative estimate of drug-likeness (QED) is 0.845. The molecule has 4 nitrogen and oxygen atoms in total. The van der Waals surface area contributed by atoms with E-state index in [-0.39, 0.29) is 27.9 Å². The topological polar surface area (TPSA) is 71.9 Å². The summed E-state index contributed by atoms with van der Waals surface area (Å²) < 4.78 is 18.7. The van der Waals surface area contributed by atoms with Crippen LogP contribution in [0.4, 0.5) is 10.1 Å². The number of halogens is 2. The van der Waals surface area contributed by atoms with E-state index >= 15 is 0 Å². The number of rotatable bonds is 2. The first-order chi connectivity index (χ1) is 8.63. The van der Waals surface area contributed by atoms with Crippen molar-refractivity contribution in [1.82, 2.24) is 4.98 Å². The van der Waals surface area contributed by atoms with Gasteiger partial charge in [-0.1, -0.05) is 17.7 Å². The second-order valence-corrected chi connectivity index (χ2v) is 3.73. The molecule has 0 amide bonds. The van der Waals surface area contributed by atoms with Crippen LogP contribution in [0.5, 0.6) is 11.6 Å². The lowest BCUT2D eigenvalue weighted by atomic mass is 10.3. The summed E-state index contributed by atoms with van der Waals surface area (Å²) in [5, 5.41) is 8.82. The molecule has 0 saturated carbocycles. The van der Waals surface area contributed by atoms with E-state index in [1.165, 1.54) is 30.5 Å². The standard InChI is InChI=1S/C12H7ClFN3O/c13-10-7(6-15)4-5-17-12(10)18-11-8(14)2-1-3-9(11)16/h1-5H,16H2. The number of aromatic nitrogens is 1. The van der Waals surface area contributed by atoms with Gasteiger partial charge < -0.3 is 10.5 Å². The van der Waals surface area contributed by atoms with Crippen LogP contribution in [-0.4, -0.2) is 4.98 Å². The number of hydrogen-bond acceptors (Lipinski definition) is 4. The molecule has 1 aromatic carbocycles. The molecule has 0 aliphatic heterocycles. The van der Waals surface area contributed by atoms with Crippen LogP contribution >= 0.6 is 11.6 Å². The molecule has 2 aromatic rings. The molecule has 2 rings (SSSR count). The van der Waals surface area contributed by atoms with Gasteiger partial charge in [0.25, 0.3) is 0 Å². The molecule has 90 valence electrons. The van der Waals surface area contributed by atoms with Gasteiger partial charge in [-0.15, -0.1) is 0 Å². The Morgan fingerprint density at radius 1 is 1.39 bits per heavy atom. The molecular formula is C12H7ClFN3O. The largest absolute Gasteiger partial charge is 0.432 e. The second-order valence-electron chi connectivity index (χ2n) is 3.35. The van der Waals surface area contributed by atoms with Gasteiger partial charge in [0, 0.05) is 6.20 Å². The van der Waals surface area contributed by atoms with Crippen molar-refractivity contribution in [3.63, 3.8) is 0 Å². The van der Waals surface area contributed by atoms with Gasteiger partial charge in [-0.3, -0.25) is 0 Å². The van der Waals surface area contributed by atoms with Gasteiger partial charge in [0.1, 0.15) is 11.1 Å². The summed E-state index contributed by atoms with van der Waals surface area (Å²) in [5.74, 6) is -0.857. The van der Waals surface area contributed by atoms with Gasteiger partial charge in [-0.2, -0.15) is 5.26 Å². The number of benzene rings is 1. The van der Waals surface area contributed by atoms with Crippen LogP contribution < -0.4 is 10.5 Å². The highest BCUT2D eigenvalue weighted by atomic mass is 35.5. The molecule has 0 saturated heterocycles. The van der Waals surface area contributed by atoms with Crippen LogP contribution in [0, 0.1) is 17.1 Å². The molecule has 6 heteroatoms. The summed E-state index contributed by atoms with van der Waals surface area (Å²) in [6.45, 7) is 0. The van der Waals surface area contributed by atoms with Crippen molar-refractivity contribution in [3.05, 3.63) is 46.9 Å². The van der Waals surface area contributed by atoms with E-state index in [2.05, 4.69) is 4.98 Å². The zero-order valence-electron chi connectivity index (χ0n) is 9.02. The number of hydrogen-bond donors (Lipinski definition) is 1. The van der Waals surface area contributed by atoms with Crippen LogP contribution in [0.3, 0.4) is 0 Å². The Morgan fingerprint density at radius 2 is 2.17 bits per heavy atom. The van der Waals surface area contributed by atoms with Gasteiger partial charge in [0.15, 0.2) is 11.6 Å². The summed E-state index contributed by atoms with van der Waals surface area (Å²) in [4.78, 5) is 3.84. The van der Waals surface area contributed by atoms with E-state index in [4.69, 9.17) is 27.3 Å². The van der Waals surface area contributed by atoms with Gasteiger partial charge >= 0.3 is 0 Å². The van der Waals surface area contributed by atoms with E-state index in [9.17, 15) is 4.39 Å². The Kier molecular flexibility index (Phi) is 3.31. The molecule has 0 spiro atoms. The Balaban J connectivity index is 2.44. The third-order valence-electron chi connectivity index (χ3n) is 2.17. The fourth-order valence-corrected chi connectivity index (χ4v) is 1.50. The molecule has 0 fully saturated rings. The third kappa shape index (κ3) is 2.19. The lowest BCUT2D eigenvalue weighted by Crippen LogP contribution is -1.97. The van der Waals surface area contributed by atoms with Crippen molar-refractivity contribution in [1.29, 1.82) is 5.26 Å². The van der Waals surface area contributed by atoms with Crippen molar-refractivity contribution in [2.24, 2.45) is 0 Å². The average Bonchev–Trinajstić information content (AvgIpc) is 2.36. The van der Waals surface area contributed by atoms with Crippen molar-refractivity contribution in [2.75, 3.05) is 5.73 Å². The van der Waals surface area contributed by atoms with E-state index in [1.54, 1.807) is 0 Å². The predicted molar refractivity (Wildman–Crippen MR) is 64.8 cm³/mol. The molecule has 1 aromatic heterocycles. The van der Waals surface area contributed by atoms with Crippen LogP contribution in [0.2, 0.25) is 5.02 Å². The second kappa shape index (κ2) is 4.90. The van der Waals surface area contributed by atoms with Crippen LogP contribution in [0.25, 0.3) is 0 Å². The number of para-hydroxylation sites is 1. The average molecular weight is 264 g/mol. The number of nitrogens with zero attached hydrogens (tertiary/aromatic N) is 2. The molecule has 0 atom stereocenters. The fraction of sp³-hybridized carbons (Fsp3) is 0. The highest BCUT2D eigenvalue weighted by Gasteiger charge is 2.14. The van der Waals surface area contributed by atoms with E-state index in [0.29, 0.717) is 0 Å². The Morgan fingerprint density at radius 3 is 2.83 bits per heavy atom. The summed E-state index contributed by atoms with van der Waals surface area (Å²) in [6, 6.07) is 7.45. The zero-order chi connectivity index (χ0) is 13.1. The molecule has 0 aliphatic carbocycles. The normalized spacial score (nSPS) is 9.83. The number of nitrogens with two attached hydrogens (primary N) is 1. The molecule has 0 radical (unpaired) electrons. The molecule has 0 aliphatic rings. The molecule has 1 heterocycles. The first-order valence-corrected chi connectivity index (χ1v) is 5.27. The van der Waals surface area contributed by atoms with Gasteiger partial charge in [-0.25, -0.2) is 9.37 Å². The van der Waals surface area contributed by atoms with Crippen molar-refractivity contribution >= 4 is 17.3 Å². The Labute approximate surface area is 107 Å². The maximum absolute atomic E-state index is 13.5. The van der Waals surface area contributed by atoms with Crippen LogP contribution in [0.1, 0.15) is 5.56 Å². The SMILES string of the molecule is N#Cc1ccnc(Oc2c(N)cccc2F)c1Cl.